The van der Waals surface area contributed by atoms with Crippen LogP contribution < -0.4 is 0 Å². The molecule has 0 saturated carbocycles. The number of rotatable bonds is 3. The van der Waals surface area contributed by atoms with Crippen molar-refractivity contribution in [3.8, 4) is 0 Å². The van der Waals surface area contributed by atoms with Crippen molar-refractivity contribution < 1.29 is 4.79 Å². The zero-order valence-electron chi connectivity index (χ0n) is 7.59. The van der Waals surface area contributed by atoms with Gasteiger partial charge >= 0.3 is 0 Å². The summed E-state index contributed by atoms with van der Waals surface area (Å²) in [7, 11) is 3.84. The molecule has 0 rings (SSSR count). The summed E-state index contributed by atoms with van der Waals surface area (Å²) < 4.78 is 0. The number of hydrogen-bond donors (Lipinski definition) is 0. The summed E-state index contributed by atoms with van der Waals surface area (Å²) in [6.45, 7) is 3.42. The Hall–Kier alpha value is -1.05. The summed E-state index contributed by atoms with van der Waals surface area (Å²) in [5, 5.41) is 0. The van der Waals surface area contributed by atoms with Gasteiger partial charge in [-0.25, -0.2) is 0 Å². The third-order valence-corrected chi connectivity index (χ3v) is 1.27. The van der Waals surface area contributed by atoms with Crippen LogP contribution in [0.25, 0.3) is 0 Å². The van der Waals surface area contributed by atoms with Crippen LogP contribution in [0.1, 0.15) is 13.8 Å². The third kappa shape index (κ3) is 4.37. The minimum atomic E-state index is 0.102. The molecular weight excluding hydrogens is 138 g/mol. The van der Waals surface area contributed by atoms with Gasteiger partial charge in [-0.05, 0) is 26.1 Å². The van der Waals surface area contributed by atoms with Crippen LogP contribution in [0.5, 0.6) is 0 Å². The SMILES string of the molecule is C/C=C(\C=C/N(C)C)C(C)=O. The van der Waals surface area contributed by atoms with Crippen molar-refractivity contribution in [2.24, 2.45) is 0 Å². The molecule has 0 amide bonds. The van der Waals surface area contributed by atoms with Gasteiger partial charge in [-0.3, -0.25) is 4.79 Å². The van der Waals surface area contributed by atoms with Gasteiger partial charge in [0.2, 0.25) is 0 Å². The molecule has 2 nitrogen and oxygen atoms in total. The molecule has 0 aliphatic carbocycles. The van der Waals surface area contributed by atoms with Crippen molar-refractivity contribution in [2.45, 2.75) is 13.8 Å². The quantitative estimate of drug-likeness (QED) is 0.453. The van der Waals surface area contributed by atoms with E-state index in [1.165, 1.54) is 0 Å². The fourth-order valence-electron chi connectivity index (χ4n) is 0.646. The lowest BCUT2D eigenvalue weighted by Crippen LogP contribution is -2.01. The topological polar surface area (TPSA) is 20.3 Å². The van der Waals surface area contributed by atoms with Crippen LogP contribution >= 0.6 is 0 Å². The molecule has 0 heterocycles. The number of ketones is 1. The summed E-state index contributed by atoms with van der Waals surface area (Å²) in [4.78, 5) is 12.7. The minimum Gasteiger partial charge on any atom is -0.383 e. The normalized spacial score (nSPS) is 12.2. The Balaban J connectivity index is 4.22. The largest absolute Gasteiger partial charge is 0.383 e. The van der Waals surface area contributed by atoms with E-state index in [0.29, 0.717) is 0 Å². The average Bonchev–Trinajstić information content (AvgIpc) is 1.87. The molecule has 0 saturated heterocycles. The predicted molar refractivity (Wildman–Crippen MR) is 47.3 cm³/mol. The van der Waals surface area contributed by atoms with Crippen LogP contribution in [0.2, 0.25) is 0 Å². The molecular formula is C9H15NO. The molecule has 0 atom stereocenters. The zero-order valence-corrected chi connectivity index (χ0v) is 7.59. The number of Topliss-reactive ketones (excluding diaryl/α,β-unsaturated/α-hetero) is 1. The summed E-state index contributed by atoms with van der Waals surface area (Å²) in [6.07, 6.45) is 5.47. The molecule has 0 radical (unpaired) electrons. The summed E-state index contributed by atoms with van der Waals surface area (Å²) in [6, 6.07) is 0. The number of carbonyl (C=O) groups excluding carboxylic acids is 1. The van der Waals surface area contributed by atoms with Gasteiger partial charge in [0.15, 0.2) is 5.78 Å². The van der Waals surface area contributed by atoms with E-state index < -0.39 is 0 Å². The van der Waals surface area contributed by atoms with Crippen LogP contribution in [0.3, 0.4) is 0 Å². The first kappa shape index (κ1) is 9.95. The Morgan fingerprint density at radius 1 is 1.36 bits per heavy atom. The maximum atomic E-state index is 10.8. The van der Waals surface area contributed by atoms with E-state index in [4.69, 9.17) is 0 Å². The number of nitrogens with zero attached hydrogens (tertiary/aromatic N) is 1. The lowest BCUT2D eigenvalue weighted by molar-refractivity contribution is -0.113. The van der Waals surface area contributed by atoms with Gasteiger partial charge in [0.25, 0.3) is 0 Å². The summed E-state index contributed by atoms with van der Waals surface area (Å²) in [5.41, 5.74) is 0.749. The first-order valence-electron chi connectivity index (χ1n) is 3.59. The van der Waals surface area contributed by atoms with E-state index >= 15 is 0 Å². The molecule has 0 bridgehead atoms. The van der Waals surface area contributed by atoms with Gasteiger partial charge in [0.05, 0.1) is 0 Å². The highest BCUT2D eigenvalue weighted by Crippen LogP contribution is 1.98. The van der Waals surface area contributed by atoms with Crippen LogP contribution in [0.15, 0.2) is 23.9 Å². The molecule has 0 aliphatic heterocycles. The van der Waals surface area contributed by atoms with E-state index in [-0.39, 0.29) is 5.78 Å². The summed E-state index contributed by atoms with van der Waals surface area (Å²) in [5.74, 6) is 0.102. The first-order chi connectivity index (χ1) is 5.07. The van der Waals surface area contributed by atoms with Gasteiger partial charge in [0, 0.05) is 19.7 Å². The van der Waals surface area contributed by atoms with Crippen LogP contribution in [0, 0.1) is 0 Å². The highest BCUT2D eigenvalue weighted by molar-refractivity contribution is 5.95. The minimum absolute atomic E-state index is 0.102. The molecule has 2 heteroatoms. The van der Waals surface area contributed by atoms with Gasteiger partial charge in [0.1, 0.15) is 0 Å². The second kappa shape index (κ2) is 4.72. The van der Waals surface area contributed by atoms with Crippen molar-refractivity contribution in [2.75, 3.05) is 14.1 Å². The van der Waals surface area contributed by atoms with Crippen molar-refractivity contribution in [1.29, 1.82) is 0 Å². The summed E-state index contributed by atoms with van der Waals surface area (Å²) >= 11 is 0. The molecule has 11 heavy (non-hydrogen) atoms. The number of hydrogen-bond acceptors (Lipinski definition) is 2. The highest BCUT2D eigenvalue weighted by atomic mass is 16.1. The monoisotopic (exact) mass is 153 g/mol. The molecule has 0 aromatic carbocycles. The fourth-order valence-corrected chi connectivity index (χ4v) is 0.646. The van der Waals surface area contributed by atoms with Crippen molar-refractivity contribution in [1.82, 2.24) is 4.90 Å². The molecule has 0 fully saturated rings. The van der Waals surface area contributed by atoms with Crippen LogP contribution in [-0.4, -0.2) is 24.8 Å². The Morgan fingerprint density at radius 3 is 2.18 bits per heavy atom. The Morgan fingerprint density at radius 2 is 1.91 bits per heavy atom. The fraction of sp³-hybridized carbons (Fsp3) is 0.444. The predicted octanol–water partition coefficient (Wildman–Crippen LogP) is 1.60. The molecule has 0 spiro atoms. The maximum absolute atomic E-state index is 10.8. The number of carbonyl (C=O) groups is 1. The van der Waals surface area contributed by atoms with Gasteiger partial charge < -0.3 is 4.90 Å². The molecule has 62 valence electrons. The lowest BCUT2D eigenvalue weighted by atomic mass is 10.2. The third-order valence-electron chi connectivity index (χ3n) is 1.27. The van der Waals surface area contributed by atoms with E-state index in [1.54, 1.807) is 6.92 Å². The van der Waals surface area contributed by atoms with Crippen molar-refractivity contribution in [3.63, 3.8) is 0 Å². The van der Waals surface area contributed by atoms with Gasteiger partial charge in [-0.1, -0.05) is 6.08 Å². The molecule has 0 aromatic heterocycles. The van der Waals surface area contributed by atoms with E-state index in [9.17, 15) is 4.79 Å². The van der Waals surface area contributed by atoms with Crippen molar-refractivity contribution >= 4 is 5.78 Å². The maximum Gasteiger partial charge on any atom is 0.159 e. The molecule has 0 unspecified atom stereocenters. The molecule has 0 aromatic rings. The van der Waals surface area contributed by atoms with E-state index in [2.05, 4.69) is 0 Å². The average molecular weight is 153 g/mol. The molecule has 0 N–H and O–H groups in total. The number of allylic oxidation sites excluding steroid dienone is 3. The smallest absolute Gasteiger partial charge is 0.159 e. The van der Waals surface area contributed by atoms with E-state index in [1.807, 2.05) is 44.3 Å². The van der Waals surface area contributed by atoms with Gasteiger partial charge in [-0.2, -0.15) is 0 Å². The second-order valence-electron chi connectivity index (χ2n) is 2.58. The first-order valence-corrected chi connectivity index (χ1v) is 3.59. The Kier molecular flexibility index (Phi) is 4.27. The van der Waals surface area contributed by atoms with Crippen LogP contribution in [-0.2, 0) is 4.79 Å². The Bertz CT molecular complexity index is 190. The van der Waals surface area contributed by atoms with Crippen molar-refractivity contribution in [3.05, 3.63) is 23.9 Å². The standard InChI is InChI=1S/C9H15NO/c1-5-9(8(2)11)6-7-10(3)4/h5-7H,1-4H3/b7-6-,9-5+. The van der Waals surface area contributed by atoms with Crippen LogP contribution in [0.4, 0.5) is 0 Å². The molecule has 0 aliphatic rings. The Labute approximate surface area is 68.2 Å². The van der Waals surface area contributed by atoms with Gasteiger partial charge in [-0.15, -0.1) is 0 Å². The lowest BCUT2D eigenvalue weighted by Gasteiger charge is -2.03. The van der Waals surface area contributed by atoms with E-state index in [0.717, 1.165) is 5.57 Å². The highest BCUT2D eigenvalue weighted by Gasteiger charge is 1.95. The second-order valence-corrected chi connectivity index (χ2v) is 2.58. The zero-order chi connectivity index (χ0) is 8.85.